The molecule has 216 valence electrons. The third-order valence-corrected chi connectivity index (χ3v) is 9.00. The summed E-state index contributed by atoms with van der Waals surface area (Å²) >= 11 is 7.12. The van der Waals surface area contributed by atoms with Crippen molar-refractivity contribution in [3.05, 3.63) is 51.0 Å². The number of hydrogen-bond acceptors (Lipinski definition) is 7. The van der Waals surface area contributed by atoms with Crippen molar-refractivity contribution in [1.29, 1.82) is 0 Å². The van der Waals surface area contributed by atoms with Crippen molar-refractivity contribution >= 4 is 62.6 Å². The summed E-state index contributed by atoms with van der Waals surface area (Å²) in [6.45, 7) is 1.01. The number of carbonyl (C=O) groups is 3. The van der Waals surface area contributed by atoms with Gasteiger partial charge in [-0.05, 0) is 56.0 Å². The second kappa shape index (κ2) is 13.5. The number of likely N-dealkylation sites (tertiary alicyclic amines) is 2. The van der Waals surface area contributed by atoms with E-state index in [-0.39, 0.29) is 25.0 Å². The minimum absolute atomic E-state index is 0.146. The number of nitrogens with one attached hydrogen (secondary N) is 3. The molecule has 2 aliphatic rings. The molecule has 0 aliphatic carbocycles. The zero-order valence-electron chi connectivity index (χ0n) is 22.0. The summed E-state index contributed by atoms with van der Waals surface area (Å²) < 4.78 is 33.3. The predicted molar refractivity (Wildman–Crippen MR) is 155 cm³/mol. The number of piperidine rings is 1. The van der Waals surface area contributed by atoms with Crippen molar-refractivity contribution in [3.63, 3.8) is 0 Å². The van der Waals surface area contributed by atoms with Gasteiger partial charge < -0.3 is 25.2 Å². The lowest BCUT2D eigenvalue weighted by molar-refractivity contribution is -0.143. The Balaban J connectivity index is 1.28. The van der Waals surface area contributed by atoms with Crippen LogP contribution in [0.15, 0.2) is 41.8 Å². The van der Waals surface area contributed by atoms with Gasteiger partial charge in [0.2, 0.25) is 21.8 Å². The SMILES string of the molecule is COc1cccc(NC(=O)NC[C@H]2CCCN2C(=O)CN2CCC[C@H](NS(=O)(=O)/C=C/c3ccc(Cl)s3)C2=O)c1. The molecule has 0 saturated carbocycles. The van der Waals surface area contributed by atoms with Gasteiger partial charge in [-0.15, -0.1) is 11.3 Å². The fourth-order valence-electron chi connectivity index (χ4n) is 4.74. The summed E-state index contributed by atoms with van der Waals surface area (Å²) in [5, 5.41) is 6.57. The van der Waals surface area contributed by atoms with Gasteiger partial charge in [-0.1, -0.05) is 17.7 Å². The topological polar surface area (TPSA) is 137 Å². The number of thiophene rings is 1. The van der Waals surface area contributed by atoms with Gasteiger partial charge in [0.05, 0.1) is 18.0 Å². The number of carbonyl (C=O) groups excluding carboxylic acids is 3. The molecule has 4 rings (SSSR count). The molecule has 3 N–H and O–H groups in total. The Morgan fingerprint density at radius 2 is 1.98 bits per heavy atom. The third-order valence-electron chi connectivity index (χ3n) is 6.69. The Morgan fingerprint density at radius 1 is 1.18 bits per heavy atom. The molecule has 2 aliphatic heterocycles. The van der Waals surface area contributed by atoms with E-state index in [1.165, 1.54) is 22.3 Å². The Hall–Kier alpha value is -3.13. The van der Waals surface area contributed by atoms with Gasteiger partial charge in [0, 0.05) is 47.7 Å². The summed E-state index contributed by atoms with van der Waals surface area (Å²) in [6.07, 6.45) is 3.84. The van der Waals surface area contributed by atoms with Crippen molar-refractivity contribution < 1.29 is 27.5 Å². The molecule has 2 atom stereocenters. The Morgan fingerprint density at radius 3 is 2.73 bits per heavy atom. The lowest BCUT2D eigenvalue weighted by Crippen LogP contribution is -2.55. The number of methoxy groups -OCH3 is 1. The summed E-state index contributed by atoms with van der Waals surface area (Å²) in [6, 6.07) is 8.81. The molecule has 2 saturated heterocycles. The van der Waals surface area contributed by atoms with Gasteiger partial charge in [0.25, 0.3) is 0 Å². The van der Waals surface area contributed by atoms with E-state index in [9.17, 15) is 22.8 Å². The number of rotatable bonds is 10. The van der Waals surface area contributed by atoms with Crippen LogP contribution in [0.1, 0.15) is 30.6 Å². The average Bonchev–Trinajstić information content (AvgIpc) is 3.57. The number of ether oxygens (including phenoxy) is 1. The monoisotopic (exact) mass is 609 g/mol. The van der Waals surface area contributed by atoms with Crippen molar-refractivity contribution in [1.82, 2.24) is 19.8 Å². The number of anilines is 1. The molecule has 11 nitrogen and oxygen atoms in total. The van der Waals surface area contributed by atoms with Crippen LogP contribution in [0.5, 0.6) is 5.75 Å². The van der Waals surface area contributed by atoms with E-state index in [2.05, 4.69) is 15.4 Å². The number of urea groups is 1. The maximum atomic E-state index is 13.2. The van der Waals surface area contributed by atoms with Crippen LogP contribution < -0.4 is 20.1 Å². The molecule has 0 bridgehead atoms. The molecular formula is C26H32ClN5O6S2. The summed E-state index contributed by atoms with van der Waals surface area (Å²) in [5.41, 5.74) is 0.580. The minimum atomic E-state index is -3.88. The normalized spacial score (nSPS) is 19.7. The van der Waals surface area contributed by atoms with Crippen LogP contribution in [0.4, 0.5) is 10.5 Å². The number of halogens is 1. The maximum Gasteiger partial charge on any atom is 0.319 e. The van der Waals surface area contributed by atoms with Crippen molar-refractivity contribution in [2.75, 3.05) is 38.6 Å². The van der Waals surface area contributed by atoms with Crippen LogP contribution in [-0.4, -0.2) is 81.4 Å². The number of hydrogen-bond donors (Lipinski definition) is 3. The summed E-state index contributed by atoms with van der Waals surface area (Å²) in [5.74, 6) is -0.0426. The van der Waals surface area contributed by atoms with Gasteiger partial charge in [-0.2, -0.15) is 4.72 Å². The van der Waals surface area contributed by atoms with Crippen LogP contribution in [0.2, 0.25) is 4.34 Å². The highest BCUT2D eigenvalue weighted by Crippen LogP contribution is 2.23. The van der Waals surface area contributed by atoms with Crippen LogP contribution >= 0.6 is 22.9 Å². The average molecular weight is 610 g/mol. The quantitative estimate of drug-likeness (QED) is 0.379. The lowest BCUT2D eigenvalue weighted by atomic mass is 10.1. The first kappa shape index (κ1) is 29.8. The van der Waals surface area contributed by atoms with Crippen LogP contribution in [0.25, 0.3) is 6.08 Å². The zero-order valence-corrected chi connectivity index (χ0v) is 24.4. The van der Waals surface area contributed by atoms with Crippen LogP contribution in [0, 0.1) is 0 Å². The standard InChI is InChI=1S/C26H32ClN5O6S2/c1-38-20-7-2-5-18(15-20)29-26(35)28-16-19-6-3-13-32(19)24(33)17-31-12-4-8-22(25(31)34)30-40(36,37)14-11-21-9-10-23(27)39-21/h2,5,7,9-11,14-15,19,22,30H,3-4,6,8,12-13,16-17H2,1H3,(H2,28,29,35)/b14-11+/t19-,22+/m1/s1. The predicted octanol–water partition coefficient (Wildman–Crippen LogP) is 3.10. The molecule has 2 aromatic rings. The van der Waals surface area contributed by atoms with Crippen molar-refractivity contribution in [3.8, 4) is 5.75 Å². The largest absolute Gasteiger partial charge is 0.497 e. The van der Waals surface area contributed by atoms with E-state index >= 15 is 0 Å². The number of benzene rings is 1. The smallest absolute Gasteiger partial charge is 0.319 e. The van der Waals surface area contributed by atoms with E-state index < -0.39 is 28.0 Å². The summed E-state index contributed by atoms with van der Waals surface area (Å²) in [7, 11) is -2.34. The zero-order chi connectivity index (χ0) is 28.7. The molecule has 0 unspecified atom stereocenters. The first-order valence-corrected chi connectivity index (χ1v) is 15.6. The van der Waals surface area contributed by atoms with E-state index in [0.717, 1.165) is 18.2 Å². The van der Waals surface area contributed by atoms with E-state index in [0.29, 0.717) is 46.6 Å². The second-order valence-electron chi connectivity index (χ2n) is 9.51. The van der Waals surface area contributed by atoms with Gasteiger partial charge in [-0.3, -0.25) is 9.59 Å². The van der Waals surface area contributed by atoms with Gasteiger partial charge >= 0.3 is 6.03 Å². The van der Waals surface area contributed by atoms with Crippen molar-refractivity contribution in [2.24, 2.45) is 0 Å². The third kappa shape index (κ3) is 8.19. The number of nitrogens with zero attached hydrogens (tertiary/aromatic N) is 2. The molecule has 0 spiro atoms. The van der Waals surface area contributed by atoms with E-state index in [1.807, 2.05) is 0 Å². The van der Waals surface area contributed by atoms with Gasteiger partial charge in [-0.25, -0.2) is 13.2 Å². The van der Waals surface area contributed by atoms with Crippen LogP contribution in [-0.2, 0) is 19.6 Å². The molecule has 0 radical (unpaired) electrons. The molecule has 3 heterocycles. The molecule has 1 aromatic carbocycles. The Kier molecular flexibility index (Phi) is 10.1. The molecule has 4 amide bonds. The van der Waals surface area contributed by atoms with Gasteiger partial charge in [0.1, 0.15) is 11.8 Å². The molecule has 2 fully saturated rings. The molecular weight excluding hydrogens is 578 g/mol. The minimum Gasteiger partial charge on any atom is -0.497 e. The van der Waals surface area contributed by atoms with E-state index in [4.69, 9.17) is 16.3 Å². The first-order chi connectivity index (χ1) is 19.1. The van der Waals surface area contributed by atoms with Crippen LogP contribution in [0.3, 0.4) is 0 Å². The maximum absolute atomic E-state index is 13.2. The highest BCUT2D eigenvalue weighted by Gasteiger charge is 2.35. The first-order valence-electron chi connectivity index (χ1n) is 12.9. The summed E-state index contributed by atoms with van der Waals surface area (Å²) in [4.78, 5) is 42.4. The Labute approximate surface area is 242 Å². The number of amides is 4. The lowest BCUT2D eigenvalue weighted by Gasteiger charge is -2.34. The second-order valence-corrected chi connectivity index (χ2v) is 12.9. The van der Waals surface area contributed by atoms with Crippen molar-refractivity contribution in [2.45, 2.75) is 37.8 Å². The fraction of sp³-hybridized carbons (Fsp3) is 0.423. The Bertz CT molecular complexity index is 1360. The fourth-order valence-corrected chi connectivity index (χ4v) is 6.81. The van der Waals surface area contributed by atoms with E-state index in [1.54, 1.807) is 48.4 Å². The van der Waals surface area contributed by atoms with Gasteiger partial charge in [0.15, 0.2) is 0 Å². The highest BCUT2D eigenvalue weighted by molar-refractivity contribution is 7.92. The number of sulfonamides is 1. The molecule has 40 heavy (non-hydrogen) atoms. The molecule has 1 aromatic heterocycles. The molecule has 14 heteroatoms. The highest BCUT2D eigenvalue weighted by atomic mass is 35.5.